The minimum absolute atomic E-state index is 0.0920. The lowest BCUT2D eigenvalue weighted by molar-refractivity contribution is 0.598. The van der Waals surface area contributed by atoms with Crippen LogP contribution in [0.4, 0.5) is 0 Å². The molecule has 0 aliphatic rings. The average molecular weight is 245 g/mol. The van der Waals surface area contributed by atoms with Crippen molar-refractivity contribution in [1.29, 1.82) is 0 Å². The molecule has 0 saturated carbocycles. The molecule has 0 aliphatic heterocycles. The summed E-state index contributed by atoms with van der Waals surface area (Å²) >= 11 is 5.94. The number of aromatic nitrogens is 1. The molecule has 0 radical (unpaired) electrons. The maximum Gasteiger partial charge on any atom is 0.240 e. The first-order valence-corrected chi connectivity index (χ1v) is 6.10. The number of hydrogen-bond donors (Lipinski definition) is 1. The van der Waals surface area contributed by atoms with Crippen LogP contribution in [0.2, 0.25) is 5.02 Å². The fourth-order valence-corrected chi connectivity index (χ4v) is 2.70. The molecule has 80 valence electrons. The molecule has 6 heteroatoms. The van der Waals surface area contributed by atoms with Crippen LogP contribution >= 0.6 is 11.6 Å². The van der Waals surface area contributed by atoms with Crippen LogP contribution in [0.3, 0.4) is 0 Å². The zero-order chi connectivity index (χ0) is 11.2. The monoisotopic (exact) mass is 244 g/mol. The summed E-state index contributed by atoms with van der Waals surface area (Å²) < 4.78 is 24.3. The van der Waals surface area contributed by atoms with Gasteiger partial charge in [-0.2, -0.15) is 0 Å². The molecule has 0 amide bonds. The van der Waals surface area contributed by atoms with Gasteiger partial charge in [-0.1, -0.05) is 23.7 Å². The molecule has 2 aromatic rings. The van der Waals surface area contributed by atoms with E-state index < -0.39 is 10.0 Å². The molecule has 0 spiro atoms. The van der Waals surface area contributed by atoms with Crippen LogP contribution < -0.4 is 5.14 Å². The van der Waals surface area contributed by atoms with Crippen LogP contribution in [0, 0.1) is 0 Å². The van der Waals surface area contributed by atoms with Gasteiger partial charge in [0.25, 0.3) is 0 Å². The first-order chi connectivity index (χ1) is 6.91. The van der Waals surface area contributed by atoms with Crippen LogP contribution in [0.1, 0.15) is 0 Å². The number of nitrogens with zero attached hydrogens (tertiary/aromatic N) is 1. The highest BCUT2D eigenvalue weighted by molar-refractivity contribution is 7.89. The van der Waals surface area contributed by atoms with Crippen molar-refractivity contribution in [2.75, 3.05) is 0 Å². The first-order valence-electron chi connectivity index (χ1n) is 4.17. The maximum absolute atomic E-state index is 11.3. The Morgan fingerprint density at radius 3 is 2.67 bits per heavy atom. The highest BCUT2D eigenvalue weighted by Crippen LogP contribution is 2.29. The number of rotatable bonds is 1. The first kappa shape index (κ1) is 10.5. The molecule has 1 aromatic heterocycles. The molecule has 0 saturated heterocycles. The molecule has 1 heterocycles. The van der Waals surface area contributed by atoms with E-state index in [1.54, 1.807) is 29.9 Å². The highest BCUT2D eigenvalue weighted by Gasteiger charge is 2.16. The molecule has 15 heavy (non-hydrogen) atoms. The molecule has 2 N–H and O–H groups in total. The van der Waals surface area contributed by atoms with Gasteiger partial charge in [0.2, 0.25) is 10.0 Å². The molecule has 0 fully saturated rings. The summed E-state index contributed by atoms with van der Waals surface area (Å²) in [5.74, 6) is 0. The van der Waals surface area contributed by atoms with Crippen molar-refractivity contribution in [2.24, 2.45) is 12.2 Å². The van der Waals surface area contributed by atoms with Gasteiger partial charge in [0.05, 0.1) is 10.5 Å². The summed E-state index contributed by atoms with van der Waals surface area (Å²) in [6, 6.07) is 4.84. The van der Waals surface area contributed by atoms with Crippen LogP contribution in [-0.4, -0.2) is 13.0 Å². The molecule has 0 atom stereocenters. The molecule has 0 unspecified atom stereocenters. The summed E-state index contributed by atoms with van der Waals surface area (Å²) in [5.41, 5.74) is 0.532. The van der Waals surface area contributed by atoms with Gasteiger partial charge in [-0.25, -0.2) is 13.6 Å². The van der Waals surface area contributed by atoms with Crippen LogP contribution in [0.25, 0.3) is 10.9 Å². The van der Waals surface area contributed by atoms with E-state index in [0.717, 1.165) is 0 Å². The van der Waals surface area contributed by atoms with Gasteiger partial charge in [0.1, 0.15) is 4.90 Å². The van der Waals surface area contributed by atoms with E-state index in [1.807, 2.05) is 0 Å². The number of benzene rings is 1. The Hall–Kier alpha value is -1.04. The third kappa shape index (κ3) is 1.62. The molecule has 4 nitrogen and oxygen atoms in total. The van der Waals surface area contributed by atoms with Crippen molar-refractivity contribution in [1.82, 2.24) is 4.57 Å². The van der Waals surface area contributed by atoms with Gasteiger partial charge in [-0.15, -0.1) is 0 Å². The standard InChI is InChI=1S/C9H9ClN2O2S/c1-12-5-7(10)6-3-2-4-8(9(6)12)15(11,13)14/h2-5H,1H3,(H2,11,13,14). The van der Waals surface area contributed by atoms with E-state index in [-0.39, 0.29) is 4.90 Å². The summed E-state index contributed by atoms with van der Waals surface area (Å²) in [5, 5.41) is 6.31. The predicted molar refractivity (Wildman–Crippen MR) is 59.3 cm³/mol. The lowest BCUT2D eigenvalue weighted by atomic mass is 10.2. The van der Waals surface area contributed by atoms with E-state index in [9.17, 15) is 8.42 Å². The Morgan fingerprint density at radius 1 is 1.40 bits per heavy atom. The van der Waals surface area contributed by atoms with Crippen LogP contribution in [0.5, 0.6) is 0 Å². The Bertz CT molecular complexity index is 631. The smallest absolute Gasteiger partial charge is 0.240 e. The van der Waals surface area contributed by atoms with Crippen molar-refractivity contribution in [3.05, 3.63) is 29.4 Å². The fourth-order valence-electron chi connectivity index (χ4n) is 1.61. The largest absolute Gasteiger partial charge is 0.348 e. The van der Waals surface area contributed by atoms with Crippen molar-refractivity contribution < 1.29 is 8.42 Å². The third-order valence-electron chi connectivity index (χ3n) is 2.22. The molecule has 2 rings (SSSR count). The topological polar surface area (TPSA) is 65.1 Å². The molecule has 1 aromatic carbocycles. The van der Waals surface area contributed by atoms with E-state index in [1.165, 1.54) is 6.07 Å². The molecule has 0 aliphatic carbocycles. The molecular weight excluding hydrogens is 236 g/mol. The second-order valence-electron chi connectivity index (χ2n) is 3.29. The SMILES string of the molecule is Cn1cc(Cl)c2cccc(S(N)(=O)=O)c21. The van der Waals surface area contributed by atoms with E-state index in [4.69, 9.17) is 16.7 Å². The Morgan fingerprint density at radius 2 is 2.07 bits per heavy atom. The van der Waals surface area contributed by atoms with E-state index >= 15 is 0 Å². The maximum atomic E-state index is 11.3. The summed E-state index contributed by atoms with van der Waals surface area (Å²) in [6.07, 6.45) is 1.65. The number of aryl methyl sites for hydroxylation is 1. The second kappa shape index (κ2) is 3.23. The minimum atomic E-state index is -3.72. The van der Waals surface area contributed by atoms with Crippen molar-refractivity contribution >= 4 is 32.5 Å². The lowest BCUT2D eigenvalue weighted by Crippen LogP contribution is -2.13. The van der Waals surface area contributed by atoms with Gasteiger partial charge in [-0.3, -0.25) is 0 Å². The summed E-state index contributed by atoms with van der Waals surface area (Å²) in [7, 11) is -1.99. The van der Waals surface area contributed by atoms with Gasteiger partial charge < -0.3 is 4.57 Å². The zero-order valence-electron chi connectivity index (χ0n) is 7.94. The normalized spacial score (nSPS) is 12.2. The van der Waals surface area contributed by atoms with Crippen molar-refractivity contribution in [2.45, 2.75) is 4.90 Å². The van der Waals surface area contributed by atoms with Crippen molar-refractivity contribution in [3.63, 3.8) is 0 Å². The fraction of sp³-hybridized carbons (Fsp3) is 0.111. The Labute approximate surface area is 92.3 Å². The minimum Gasteiger partial charge on any atom is -0.348 e. The molecular formula is C9H9ClN2O2S. The third-order valence-corrected chi connectivity index (χ3v) is 3.47. The number of sulfonamides is 1. The van der Waals surface area contributed by atoms with Crippen LogP contribution in [0.15, 0.2) is 29.3 Å². The Kier molecular flexibility index (Phi) is 2.26. The average Bonchev–Trinajstić information content (AvgIpc) is 2.41. The second-order valence-corrected chi connectivity index (χ2v) is 5.22. The molecule has 0 bridgehead atoms. The van der Waals surface area contributed by atoms with Gasteiger partial charge in [-0.05, 0) is 6.07 Å². The summed E-state index contributed by atoms with van der Waals surface area (Å²) in [4.78, 5) is 0.0920. The quantitative estimate of drug-likeness (QED) is 0.826. The number of primary sulfonamides is 1. The number of nitrogens with two attached hydrogens (primary N) is 1. The van der Waals surface area contributed by atoms with Gasteiger partial charge in [0.15, 0.2) is 0 Å². The number of hydrogen-bond acceptors (Lipinski definition) is 2. The van der Waals surface area contributed by atoms with Crippen molar-refractivity contribution in [3.8, 4) is 0 Å². The highest BCUT2D eigenvalue weighted by atomic mass is 35.5. The lowest BCUT2D eigenvalue weighted by Gasteiger charge is -2.02. The van der Waals surface area contributed by atoms with Gasteiger partial charge in [0, 0.05) is 18.6 Å². The summed E-state index contributed by atoms with van der Waals surface area (Å²) in [6.45, 7) is 0. The predicted octanol–water partition coefficient (Wildman–Crippen LogP) is 1.48. The number of fused-ring (bicyclic) bond motifs is 1. The number of para-hydroxylation sites is 1. The van der Waals surface area contributed by atoms with E-state index in [0.29, 0.717) is 15.9 Å². The van der Waals surface area contributed by atoms with Crippen LogP contribution in [-0.2, 0) is 17.1 Å². The van der Waals surface area contributed by atoms with E-state index in [2.05, 4.69) is 0 Å². The van der Waals surface area contributed by atoms with Gasteiger partial charge >= 0.3 is 0 Å². The Balaban J connectivity index is 3.00. The number of halogens is 1. The zero-order valence-corrected chi connectivity index (χ0v) is 9.51.